The summed E-state index contributed by atoms with van der Waals surface area (Å²) in [4.78, 5) is 17.5. The third-order valence-electron chi connectivity index (χ3n) is 3.46. The highest BCUT2D eigenvalue weighted by atomic mass is 16.6. The van der Waals surface area contributed by atoms with Gasteiger partial charge in [-0.3, -0.25) is 15.1 Å². The zero-order valence-electron chi connectivity index (χ0n) is 12.4. The van der Waals surface area contributed by atoms with E-state index in [0.717, 1.165) is 45.4 Å². The van der Waals surface area contributed by atoms with E-state index in [-0.39, 0.29) is 0 Å². The van der Waals surface area contributed by atoms with Crippen molar-refractivity contribution >= 4 is 38.4 Å². The van der Waals surface area contributed by atoms with Gasteiger partial charge in [0.15, 0.2) is 7.05 Å². The molecule has 0 bridgehead atoms. The largest absolute Gasteiger partial charge is 0.398 e. The van der Waals surface area contributed by atoms with Crippen LogP contribution in [0.1, 0.15) is 0 Å². The molecule has 2 heterocycles. The van der Waals surface area contributed by atoms with Crippen LogP contribution >= 0.6 is 0 Å². The number of aromatic nitrogens is 2. The molecule has 0 radical (unpaired) electrons. The number of hydrogen-bond acceptors (Lipinski definition) is 5. The number of fused-ring (bicyclic) bond motifs is 4. The van der Waals surface area contributed by atoms with Crippen molar-refractivity contribution in [1.82, 2.24) is 9.97 Å². The molecule has 0 saturated heterocycles. The van der Waals surface area contributed by atoms with Gasteiger partial charge in [0.1, 0.15) is 0 Å². The summed E-state index contributed by atoms with van der Waals surface area (Å²) in [5, 5.41) is 11.7. The van der Waals surface area contributed by atoms with Gasteiger partial charge in [0, 0.05) is 27.3 Å². The van der Waals surface area contributed by atoms with E-state index in [1.165, 1.54) is 0 Å². The van der Waals surface area contributed by atoms with Crippen LogP contribution in [0.3, 0.4) is 0 Å². The lowest BCUT2D eigenvalue weighted by Gasteiger charge is -2.08. The van der Waals surface area contributed by atoms with Crippen molar-refractivity contribution in [3.8, 4) is 0 Å². The number of nitrogens with two attached hydrogens (primary N) is 1. The average Bonchev–Trinajstić information content (AvgIpc) is 2.54. The second kappa shape index (κ2) is 5.84. The Bertz CT molecular complexity index is 1030. The first kappa shape index (κ1) is 14.6. The van der Waals surface area contributed by atoms with Crippen LogP contribution in [0, 0.1) is 10.1 Å². The highest BCUT2D eigenvalue weighted by Crippen LogP contribution is 2.31. The van der Waals surface area contributed by atoms with Crippen LogP contribution in [0.5, 0.6) is 0 Å². The second-order valence-electron chi connectivity index (χ2n) is 5.02. The maximum absolute atomic E-state index is 8.81. The molecule has 0 saturated carbocycles. The molecule has 0 atom stereocenters. The van der Waals surface area contributed by atoms with Crippen molar-refractivity contribution in [2.24, 2.45) is 0 Å². The summed E-state index contributed by atoms with van der Waals surface area (Å²) in [6.45, 7) is 0. The summed E-state index contributed by atoms with van der Waals surface area (Å²) in [7, 11) is 0.889. The molecule has 0 amide bonds. The van der Waals surface area contributed by atoms with Gasteiger partial charge in [-0.05, 0) is 12.1 Å². The second-order valence-corrected chi connectivity index (χ2v) is 5.02. The van der Waals surface area contributed by atoms with Gasteiger partial charge in [-0.15, -0.1) is 0 Å². The zero-order chi connectivity index (χ0) is 16.4. The summed E-state index contributed by atoms with van der Waals surface area (Å²) in [5.41, 5.74) is 9.80. The quantitative estimate of drug-likeness (QED) is 0.232. The van der Waals surface area contributed by atoms with E-state index in [0.29, 0.717) is 0 Å². The molecule has 4 aromatic rings. The van der Waals surface area contributed by atoms with Crippen LogP contribution in [0.15, 0.2) is 54.7 Å². The topological polar surface area (TPSA) is 94.9 Å². The Morgan fingerprint density at radius 2 is 1.52 bits per heavy atom. The van der Waals surface area contributed by atoms with Crippen molar-refractivity contribution < 1.29 is 4.92 Å². The minimum atomic E-state index is -0.500. The van der Waals surface area contributed by atoms with E-state index in [2.05, 4.69) is 4.98 Å². The van der Waals surface area contributed by atoms with Crippen molar-refractivity contribution in [2.75, 3.05) is 12.8 Å². The molecule has 0 aliphatic heterocycles. The van der Waals surface area contributed by atoms with Crippen molar-refractivity contribution in [3.63, 3.8) is 0 Å². The number of benzene rings is 2. The molecule has 4 rings (SSSR count). The third kappa shape index (κ3) is 2.74. The van der Waals surface area contributed by atoms with Gasteiger partial charge in [-0.2, -0.15) is 0 Å². The first-order valence-corrected chi connectivity index (χ1v) is 6.97. The number of nitrogen functional groups attached to an aromatic ring is 1. The van der Waals surface area contributed by atoms with Crippen LogP contribution in [0.4, 0.5) is 5.69 Å². The van der Waals surface area contributed by atoms with Gasteiger partial charge in [0.25, 0.3) is 0 Å². The summed E-state index contributed by atoms with van der Waals surface area (Å²) < 4.78 is 0. The SMILES string of the molecule is C[N+](=O)[O-].Nc1c2ccccc2nc2c1cnc1ccccc12. The van der Waals surface area contributed by atoms with Gasteiger partial charge in [-0.25, -0.2) is 4.98 Å². The molecule has 0 spiro atoms. The van der Waals surface area contributed by atoms with Gasteiger partial charge in [-0.1, -0.05) is 36.4 Å². The molecular weight excluding hydrogens is 292 g/mol. The number of para-hydroxylation sites is 2. The summed E-state index contributed by atoms with van der Waals surface area (Å²) in [6.07, 6.45) is 1.81. The predicted octanol–water partition coefficient (Wildman–Crippen LogP) is 3.41. The molecule has 0 unspecified atom stereocenters. The van der Waals surface area contributed by atoms with Gasteiger partial charge < -0.3 is 5.73 Å². The first-order chi connectivity index (χ1) is 11.1. The molecule has 0 aliphatic rings. The highest BCUT2D eigenvalue weighted by molar-refractivity contribution is 6.13. The van der Waals surface area contributed by atoms with E-state index in [9.17, 15) is 0 Å². The number of anilines is 1. The Hall–Kier alpha value is -3.28. The Balaban J connectivity index is 0.000000354. The Morgan fingerprint density at radius 1 is 0.957 bits per heavy atom. The highest BCUT2D eigenvalue weighted by Gasteiger charge is 2.09. The van der Waals surface area contributed by atoms with Crippen LogP contribution in [-0.2, 0) is 0 Å². The van der Waals surface area contributed by atoms with Crippen LogP contribution in [-0.4, -0.2) is 21.9 Å². The molecule has 6 nitrogen and oxygen atoms in total. The van der Waals surface area contributed by atoms with Crippen LogP contribution in [0.2, 0.25) is 0 Å². The van der Waals surface area contributed by atoms with E-state index < -0.39 is 4.92 Å². The van der Waals surface area contributed by atoms with E-state index >= 15 is 0 Å². The zero-order valence-corrected chi connectivity index (χ0v) is 12.4. The van der Waals surface area contributed by atoms with Crippen molar-refractivity contribution in [1.29, 1.82) is 0 Å². The number of nitro groups is 1. The number of pyridine rings is 2. The Kier molecular flexibility index (Phi) is 3.72. The van der Waals surface area contributed by atoms with Crippen molar-refractivity contribution in [2.45, 2.75) is 0 Å². The minimum Gasteiger partial charge on any atom is -0.398 e. The third-order valence-corrected chi connectivity index (χ3v) is 3.46. The predicted molar refractivity (Wildman–Crippen MR) is 91.9 cm³/mol. The van der Waals surface area contributed by atoms with E-state index in [1.54, 1.807) is 0 Å². The van der Waals surface area contributed by atoms with Crippen LogP contribution < -0.4 is 5.73 Å². The van der Waals surface area contributed by atoms with Gasteiger partial charge >= 0.3 is 0 Å². The fourth-order valence-electron chi connectivity index (χ4n) is 2.51. The number of hydrogen-bond donors (Lipinski definition) is 1. The fourth-order valence-corrected chi connectivity index (χ4v) is 2.51. The number of nitrogens with zero attached hydrogens (tertiary/aromatic N) is 3. The first-order valence-electron chi connectivity index (χ1n) is 6.97. The molecule has 6 heteroatoms. The normalized spacial score (nSPS) is 10.5. The molecule has 2 aromatic carbocycles. The monoisotopic (exact) mass is 306 g/mol. The summed E-state index contributed by atoms with van der Waals surface area (Å²) in [5.74, 6) is 0. The van der Waals surface area contributed by atoms with E-state index in [4.69, 9.17) is 20.8 Å². The standard InChI is InChI=1S/C16H11N3.CH3NO2/c17-15-10-5-1-4-8-14(10)19-16-11-6-2-3-7-13(11)18-9-12(15)16;1-2(3)4/h1-9H,(H2,17,19);1H3. The molecule has 2 aromatic heterocycles. The average molecular weight is 306 g/mol. The Morgan fingerprint density at radius 3 is 2.22 bits per heavy atom. The lowest BCUT2D eigenvalue weighted by molar-refractivity contribution is -0.445. The molecule has 0 fully saturated rings. The molecule has 2 N–H and O–H groups in total. The fraction of sp³-hybridized carbons (Fsp3) is 0.0588. The number of rotatable bonds is 0. The summed E-state index contributed by atoms with van der Waals surface area (Å²) >= 11 is 0. The molecule has 114 valence electrons. The maximum Gasteiger partial charge on any atom is 0.194 e. The smallest absolute Gasteiger partial charge is 0.194 e. The lowest BCUT2D eigenvalue weighted by atomic mass is 10.1. The molecule has 0 aliphatic carbocycles. The molecule has 23 heavy (non-hydrogen) atoms. The molecular formula is C17H14N4O2. The maximum atomic E-state index is 8.81. The van der Waals surface area contributed by atoms with Crippen LogP contribution in [0.25, 0.3) is 32.7 Å². The van der Waals surface area contributed by atoms with Crippen molar-refractivity contribution in [3.05, 3.63) is 64.8 Å². The summed E-state index contributed by atoms with van der Waals surface area (Å²) in [6, 6.07) is 15.9. The Labute approximate surface area is 131 Å². The van der Waals surface area contributed by atoms with Gasteiger partial charge in [0.05, 0.1) is 22.2 Å². The lowest BCUT2D eigenvalue weighted by Crippen LogP contribution is -1.94. The van der Waals surface area contributed by atoms with Gasteiger partial charge in [0.2, 0.25) is 0 Å². The minimum absolute atomic E-state index is 0.500. The van der Waals surface area contributed by atoms with E-state index in [1.807, 2.05) is 54.7 Å².